The minimum atomic E-state index is -0.541. The lowest BCUT2D eigenvalue weighted by molar-refractivity contribution is 0.0739. The molecule has 0 aliphatic heterocycles. The molecular weight excluding hydrogens is 450 g/mol. The van der Waals surface area contributed by atoms with Crippen LogP contribution in [-0.2, 0) is 0 Å². The molecule has 2 heterocycles. The first-order valence-electron chi connectivity index (χ1n) is 9.37. The van der Waals surface area contributed by atoms with Gasteiger partial charge in [-0.3, -0.25) is 9.78 Å². The minimum absolute atomic E-state index is 0.319. The maximum absolute atomic E-state index is 12.6. The van der Waals surface area contributed by atoms with Gasteiger partial charge in [-0.2, -0.15) is 5.10 Å². The second-order valence-corrected chi connectivity index (χ2v) is 7.93. The Bertz CT molecular complexity index is 1300. The van der Waals surface area contributed by atoms with Gasteiger partial charge in [-0.15, -0.1) is 11.3 Å². The number of esters is 1. The number of amides is 1. The summed E-state index contributed by atoms with van der Waals surface area (Å²) >= 11 is 7.62. The Labute approximate surface area is 192 Å². The molecule has 0 spiro atoms. The Morgan fingerprint density at radius 1 is 1.06 bits per heavy atom. The van der Waals surface area contributed by atoms with Crippen molar-refractivity contribution in [2.45, 2.75) is 0 Å². The van der Waals surface area contributed by atoms with Crippen molar-refractivity contribution in [2.75, 3.05) is 7.11 Å². The Balaban J connectivity index is 1.40. The third-order valence-electron chi connectivity index (χ3n) is 4.43. The molecule has 0 aliphatic carbocycles. The van der Waals surface area contributed by atoms with Gasteiger partial charge in [-0.25, -0.2) is 10.2 Å². The first-order chi connectivity index (χ1) is 15.5. The molecule has 0 bridgehead atoms. The largest absolute Gasteiger partial charge is 0.497 e. The van der Waals surface area contributed by atoms with Gasteiger partial charge < -0.3 is 9.47 Å². The Kier molecular flexibility index (Phi) is 6.44. The standard InChI is InChI=1S/C23H16ClN3O4S/c1-30-17-6-7-18-19(12-17)32-21(20(18)24)23(29)31-16-4-2-14(3-5-16)13-26-27-22(28)15-8-10-25-11-9-15/h2-13H,1H3,(H,27,28). The number of halogens is 1. The van der Waals surface area contributed by atoms with Crippen molar-refractivity contribution in [3.63, 3.8) is 0 Å². The fraction of sp³-hybridized carbons (Fsp3) is 0.0435. The number of rotatable bonds is 6. The molecule has 4 rings (SSSR count). The molecule has 160 valence electrons. The topological polar surface area (TPSA) is 89.9 Å². The molecule has 0 radical (unpaired) electrons. The summed E-state index contributed by atoms with van der Waals surface area (Å²) < 4.78 is 11.5. The lowest BCUT2D eigenvalue weighted by Gasteiger charge is -2.03. The van der Waals surface area contributed by atoms with E-state index in [1.165, 1.54) is 29.9 Å². The van der Waals surface area contributed by atoms with E-state index in [0.717, 1.165) is 10.1 Å². The lowest BCUT2D eigenvalue weighted by Crippen LogP contribution is -2.17. The number of aromatic nitrogens is 1. The highest BCUT2D eigenvalue weighted by molar-refractivity contribution is 7.21. The van der Waals surface area contributed by atoms with E-state index in [1.807, 2.05) is 12.1 Å². The average molecular weight is 466 g/mol. The van der Waals surface area contributed by atoms with E-state index < -0.39 is 5.97 Å². The normalized spacial score (nSPS) is 10.9. The molecular formula is C23H16ClN3O4S. The maximum Gasteiger partial charge on any atom is 0.355 e. The third kappa shape index (κ3) is 4.77. The molecule has 0 aliphatic rings. The molecule has 0 atom stereocenters. The van der Waals surface area contributed by atoms with E-state index in [-0.39, 0.29) is 5.91 Å². The van der Waals surface area contributed by atoms with Crippen LogP contribution in [0.3, 0.4) is 0 Å². The quantitative estimate of drug-likeness (QED) is 0.188. The summed E-state index contributed by atoms with van der Waals surface area (Å²) in [5.74, 6) is 0.164. The highest BCUT2D eigenvalue weighted by Gasteiger charge is 2.19. The van der Waals surface area contributed by atoms with Crippen LogP contribution in [0.4, 0.5) is 0 Å². The summed E-state index contributed by atoms with van der Waals surface area (Å²) in [6, 6.07) is 15.3. The van der Waals surface area contributed by atoms with Gasteiger partial charge in [-0.1, -0.05) is 11.6 Å². The monoisotopic (exact) mass is 465 g/mol. The number of hydrogen-bond donors (Lipinski definition) is 1. The van der Waals surface area contributed by atoms with Gasteiger partial charge in [0.1, 0.15) is 16.4 Å². The molecule has 0 saturated heterocycles. The van der Waals surface area contributed by atoms with Crippen LogP contribution in [0.5, 0.6) is 11.5 Å². The zero-order valence-corrected chi connectivity index (χ0v) is 18.3. The zero-order valence-electron chi connectivity index (χ0n) is 16.7. The van der Waals surface area contributed by atoms with Crippen LogP contribution in [0.25, 0.3) is 10.1 Å². The summed E-state index contributed by atoms with van der Waals surface area (Å²) in [5.41, 5.74) is 3.61. The minimum Gasteiger partial charge on any atom is -0.497 e. The van der Waals surface area contributed by atoms with Crippen molar-refractivity contribution in [2.24, 2.45) is 5.10 Å². The van der Waals surface area contributed by atoms with E-state index >= 15 is 0 Å². The van der Waals surface area contributed by atoms with Crippen LogP contribution in [0, 0.1) is 0 Å². The predicted molar refractivity (Wildman–Crippen MR) is 124 cm³/mol. The molecule has 0 unspecified atom stereocenters. The highest BCUT2D eigenvalue weighted by atomic mass is 35.5. The summed E-state index contributed by atoms with van der Waals surface area (Å²) in [6.07, 6.45) is 4.55. The molecule has 4 aromatic rings. The summed E-state index contributed by atoms with van der Waals surface area (Å²) in [6.45, 7) is 0. The number of nitrogens with one attached hydrogen (secondary N) is 1. The molecule has 2 aromatic carbocycles. The molecule has 0 saturated carbocycles. The third-order valence-corrected chi connectivity index (χ3v) is 6.07. The van der Waals surface area contributed by atoms with Crippen LogP contribution in [0.1, 0.15) is 25.6 Å². The van der Waals surface area contributed by atoms with E-state index in [2.05, 4.69) is 15.5 Å². The molecule has 32 heavy (non-hydrogen) atoms. The van der Waals surface area contributed by atoms with Gasteiger partial charge in [-0.05, 0) is 60.2 Å². The number of hydrazone groups is 1. The van der Waals surface area contributed by atoms with E-state index in [9.17, 15) is 9.59 Å². The van der Waals surface area contributed by atoms with Crippen LogP contribution in [-0.4, -0.2) is 30.2 Å². The number of hydrogen-bond acceptors (Lipinski definition) is 7. The van der Waals surface area contributed by atoms with Gasteiger partial charge >= 0.3 is 5.97 Å². The second kappa shape index (κ2) is 9.59. The number of ether oxygens (including phenoxy) is 2. The second-order valence-electron chi connectivity index (χ2n) is 6.50. The molecule has 1 N–H and O–H groups in total. The summed E-state index contributed by atoms with van der Waals surface area (Å²) in [7, 11) is 1.58. The number of carbonyl (C=O) groups excluding carboxylic acids is 2. The van der Waals surface area contributed by atoms with Crippen molar-refractivity contribution >= 4 is 51.1 Å². The average Bonchev–Trinajstić information content (AvgIpc) is 3.16. The van der Waals surface area contributed by atoms with Gasteiger partial charge in [0.2, 0.25) is 0 Å². The van der Waals surface area contributed by atoms with E-state index in [4.69, 9.17) is 21.1 Å². The van der Waals surface area contributed by atoms with Crippen molar-refractivity contribution in [3.05, 3.63) is 88.0 Å². The van der Waals surface area contributed by atoms with Crippen molar-refractivity contribution in [1.29, 1.82) is 0 Å². The number of thiophene rings is 1. The van der Waals surface area contributed by atoms with Gasteiger partial charge in [0, 0.05) is 28.0 Å². The van der Waals surface area contributed by atoms with Gasteiger partial charge in [0.05, 0.1) is 18.3 Å². The van der Waals surface area contributed by atoms with Crippen LogP contribution < -0.4 is 14.9 Å². The zero-order chi connectivity index (χ0) is 22.5. The summed E-state index contributed by atoms with van der Waals surface area (Å²) in [4.78, 5) is 28.7. The van der Waals surface area contributed by atoms with Crippen molar-refractivity contribution < 1.29 is 19.1 Å². The predicted octanol–water partition coefficient (Wildman–Crippen LogP) is 4.94. The van der Waals surface area contributed by atoms with Crippen LogP contribution >= 0.6 is 22.9 Å². The molecule has 2 aromatic heterocycles. The molecule has 1 amide bonds. The fourth-order valence-electron chi connectivity index (χ4n) is 2.81. The maximum atomic E-state index is 12.6. The first-order valence-corrected chi connectivity index (χ1v) is 10.6. The van der Waals surface area contributed by atoms with Gasteiger partial charge in [0.25, 0.3) is 5.91 Å². The van der Waals surface area contributed by atoms with E-state index in [1.54, 1.807) is 49.6 Å². The molecule has 9 heteroatoms. The smallest absolute Gasteiger partial charge is 0.355 e. The number of benzene rings is 2. The Morgan fingerprint density at radius 2 is 1.78 bits per heavy atom. The van der Waals surface area contributed by atoms with Crippen molar-refractivity contribution in [1.82, 2.24) is 10.4 Å². The molecule has 0 fully saturated rings. The number of pyridine rings is 1. The Hall–Kier alpha value is -3.75. The Morgan fingerprint density at radius 3 is 2.50 bits per heavy atom. The fourth-order valence-corrected chi connectivity index (χ4v) is 4.23. The number of fused-ring (bicyclic) bond motifs is 1. The van der Waals surface area contributed by atoms with Crippen molar-refractivity contribution in [3.8, 4) is 11.5 Å². The first kappa shape index (κ1) is 21.5. The number of methoxy groups -OCH3 is 1. The lowest BCUT2D eigenvalue weighted by atomic mass is 10.2. The van der Waals surface area contributed by atoms with Gasteiger partial charge in [0.15, 0.2) is 0 Å². The van der Waals surface area contributed by atoms with Crippen LogP contribution in [0.2, 0.25) is 5.02 Å². The SMILES string of the molecule is COc1ccc2c(Cl)c(C(=O)Oc3ccc(C=NNC(=O)c4ccncc4)cc3)sc2c1. The number of nitrogens with zero attached hydrogens (tertiary/aromatic N) is 2. The van der Waals surface area contributed by atoms with Crippen LogP contribution in [0.15, 0.2) is 72.1 Å². The van der Waals surface area contributed by atoms with E-state index in [0.29, 0.717) is 32.5 Å². The summed E-state index contributed by atoms with van der Waals surface area (Å²) in [5, 5.41) is 5.05. The molecule has 7 nitrogen and oxygen atoms in total. The highest BCUT2D eigenvalue weighted by Crippen LogP contribution is 2.37. The number of carbonyl (C=O) groups is 2.